The maximum atomic E-state index is 12.2. The first-order valence-electron chi connectivity index (χ1n) is 6.63. The van der Waals surface area contributed by atoms with E-state index in [1.54, 1.807) is 5.32 Å². The van der Waals surface area contributed by atoms with E-state index in [0.717, 1.165) is 0 Å². The Bertz CT molecular complexity index is 554. The van der Waals surface area contributed by atoms with Gasteiger partial charge in [-0.05, 0) is 30.5 Å². The summed E-state index contributed by atoms with van der Waals surface area (Å²) in [6.45, 7) is 4.00. The fraction of sp³-hybridized carbons (Fsp3) is 0.429. The number of benzene rings is 1. The van der Waals surface area contributed by atoms with E-state index in [2.05, 4.69) is 0 Å². The minimum atomic E-state index is -4.99. The molecule has 2 rings (SSSR count). The quantitative estimate of drug-likeness (QED) is 0.782. The van der Waals surface area contributed by atoms with Crippen LogP contribution in [0.25, 0.3) is 0 Å². The SMILES string of the molecule is CC.Nc1ccc(NC(=O)C(F)(F)F)c2c1CCCC2=O. The summed E-state index contributed by atoms with van der Waals surface area (Å²) in [5.41, 5.74) is 6.54. The molecule has 0 spiro atoms. The lowest BCUT2D eigenvalue weighted by molar-refractivity contribution is -0.167. The number of alkyl halides is 3. The van der Waals surface area contributed by atoms with Gasteiger partial charge in [0.2, 0.25) is 0 Å². The maximum absolute atomic E-state index is 12.2. The van der Waals surface area contributed by atoms with Crippen LogP contribution in [0.15, 0.2) is 12.1 Å². The molecule has 0 radical (unpaired) electrons. The zero-order valence-corrected chi connectivity index (χ0v) is 11.8. The Balaban J connectivity index is 0.00000106. The summed E-state index contributed by atoms with van der Waals surface area (Å²) in [7, 11) is 0. The van der Waals surface area contributed by atoms with Crippen LogP contribution in [0.1, 0.15) is 42.6 Å². The predicted molar refractivity (Wildman–Crippen MR) is 74.2 cm³/mol. The van der Waals surface area contributed by atoms with Gasteiger partial charge in [-0.15, -0.1) is 0 Å². The topological polar surface area (TPSA) is 72.2 Å². The van der Waals surface area contributed by atoms with Gasteiger partial charge in [0.25, 0.3) is 0 Å². The highest BCUT2D eigenvalue weighted by Gasteiger charge is 2.39. The second-order valence-corrected chi connectivity index (χ2v) is 4.28. The van der Waals surface area contributed by atoms with E-state index in [1.807, 2.05) is 13.8 Å². The van der Waals surface area contributed by atoms with Crippen molar-refractivity contribution in [2.24, 2.45) is 0 Å². The van der Waals surface area contributed by atoms with E-state index < -0.39 is 12.1 Å². The third-order valence-corrected chi connectivity index (χ3v) is 2.96. The van der Waals surface area contributed by atoms with Gasteiger partial charge in [0.15, 0.2) is 5.78 Å². The van der Waals surface area contributed by atoms with Gasteiger partial charge in [0.05, 0.1) is 5.69 Å². The lowest BCUT2D eigenvalue weighted by Gasteiger charge is -2.20. The number of ketones is 1. The van der Waals surface area contributed by atoms with Crippen molar-refractivity contribution < 1.29 is 22.8 Å². The first kappa shape index (κ1) is 17.0. The third kappa shape index (κ3) is 3.74. The van der Waals surface area contributed by atoms with Crippen LogP contribution < -0.4 is 11.1 Å². The van der Waals surface area contributed by atoms with E-state index in [0.29, 0.717) is 24.1 Å². The summed E-state index contributed by atoms with van der Waals surface area (Å²) in [5, 5.41) is 1.73. The minimum Gasteiger partial charge on any atom is -0.398 e. The summed E-state index contributed by atoms with van der Waals surface area (Å²) in [5.74, 6) is -2.40. The van der Waals surface area contributed by atoms with Gasteiger partial charge in [-0.25, -0.2) is 0 Å². The fourth-order valence-electron chi connectivity index (χ4n) is 2.10. The Kier molecular flexibility index (Phi) is 5.34. The highest BCUT2D eigenvalue weighted by atomic mass is 19.4. The number of nitrogens with two attached hydrogens (primary N) is 1. The largest absolute Gasteiger partial charge is 0.471 e. The molecule has 116 valence electrons. The molecule has 1 aromatic rings. The molecule has 0 heterocycles. The Morgan fingerprint density at radius 1 is 1.24 bits per heavy atom. The smallest absolute Gasteiger partial charge is 0.398 e. The molecule has 1 aliphatic rings. The minimum absolute atomic E-state index is 0.101. The molecule has 0 bridgehead atoms. The summed E-state index contributed by atoms with van der Waals surface area (Å²) >= 11 is 0. The molecule has 21 heavy (non-hydrogen) atoms. The van der Waals surface area contributed by atoms with Gasteiger partial charge in [-0.2, -0.15) is 13.2 Å². The van der Waals surface area contributed by atoms with Crippen LogP contribution in [0.5, 0.6) is 0 Å². The number of amides is 1. The second kappa shape index (κ2) is 6.60. The summed E-state index contributed by atoms with van der Waals surface area (Å²) in [6, 6.07) is 2.62. The van der Waals surface area contributed by atoms with Gasteiger partial charge in [-0.1, -0.05) is 13.8 Å². The zero-order valence-electron chi connectivity index (χ0n) is 11.8. The van der Waals surface area contributed by atoms with E-state index in [-0.39, 0.29) is 23.5 Å². The monoisotopic (exact) mass is 302 g/mol. The number of fused-ring (bicyclic) bond motifs is 1. The first-order valence-corrected chi connectivity index (χ1v) is 6.63. The van der Waals surface area contributed by atoms with Crippen LogP contribution >= 0.6 is 0 Å². The number of nitrogens with one attached hydrogen (secondary N) is 1. The van der Waals surface area contributed by atoms with E-state index in [1.165, 1.54) is 12.1 Å². The highest BCUT2D eigenvalue weighted by Crippen LogP contribution is 2.32. The number of anilines is 2. The molecule has 0 unspecified atom stereocenters. The number of carbonyl (C=O) groups is 2. The molecule has 4 nitrogen and oxygen atoms in total. The standard InChI is InChI=1S/C12H11F3N2O2.C2H6/c13-12(14,15)11(19)17-8-5-4-7(16)6-2-1-3-9(18)10(6)8;1-2/h4-5H,1-3,16H2,(H,17,19);1-2H3. The van der Waals surface area contributed by atoms with Crippen LogP contribution in [-0.4, -0.2) is 17.9 Å². The molecular formula is C14H17F3N2O2. The lowest BCUT2D eigenvalue weighted by Crippen LogP contribution is -2.31. The van der Waals surface area contributed by atoms with Crippen molar-refractivity contribution in [3.8, 4) is 0 Å². The molecule has 1 aromatic carbocycles. The Morgan fingerprint density at radius 2 is 1.86 bits per heavy atom. The fourth-order valence-corrected chi connectivity index (χ4v) is 2.10. The number of carbonyl (C=O) groups excluding carboxylic acids is 2. The van der Waals surface area contributed by atoms with Gasteiger partial charge >= 0.3 is 12.1 Å². The van der Waals surface area contributed by atoms with Gasteiger partial charge in [0, 0.05) is 17.7 Å². The van der Waals surface area contributed by atoms with Crippen molar-refractivity contribution in [3.05, 3.63) is 23.3 Å². The molecule has 0 saturated carbocycles. The van der Waals surface area contributed by atoms with Crippen molar-refractivity contribution in [1.82, 2.24) is 0 Å². The molecule has 1 amide bonds. The molecule has 0 aliphatic heterocycles. The van der Waals surface area contributed by atoms with Gasteiger partial charge in [0.1, 0.15) is 0 Å². The van der Waals surface area contributed by atoms with Crippen LogP contribution in [-0.2, 0) is 11.2 Å². The molecule has 0 fully saturated rings. The molecule has 0 aromatic heterocycles. The van der Waals surface area contributed by atoms with Gasteiger partial charge < -0.3 is 11.1 Å². The van der Waals surface area contributed by atoms with Crippen molar-refractivity contribution in [2.75, 3.05) is 11.1 Å². The maximum Gasteiger partial charge on any atom is 0.471 e. The average molecular weight is 302 g/mol. The van der Waals surface area contributed by atoms with Crippen molar-refractivity contribution in [2.45, 2.75) is 39.3 Å². The lowest BCUT2D eigenvalue weighted by atomic mass is 9.88. The number of rotatable bonds is 1. The Labute approximate surface area is 120 Å². The van der Waals surface area contributed by atoms with E-state index in [9.17, 15) is 22.8 Å². The van der Waals surface area contributed by atoms with Crippen molar-refractivity contribution in [1.29, 1.82) is 0 Å². The molecule has 1 aliphatic carbocycles. The Hall–Kier alpha value is -2.05. The number of nitrogen functional groups attached to an aromatic ring is 1. The third-order valence-electron chi connectivity index (χ3n) is 2.96. The summed E-state index contributed by atoms with van der Waals surface area (Å²) < 4.78 is 36.7. The Morgan fingerprint density at radius 3 is 2.43 bits per heavy atom. The highest BCUT2D eigenvalue weighted by molar-refractivity contribution is 6.08. The van der Waals surface area contributed by atoms with Crippen LogP contribution in [0.3, 0.4) is 0 Å². The molecular weight excluding hydrogens is 285 g/mol. The summed E-state index contributed by atoms with van der Waals surface area (Å²) in [6.07, 6.45) is -3.63. The number of halogens is 3. The van der Waals surface area contributed by atoms with Crippen LogP contribution in [0.4, 0.5) is 24.5 Å². The zero-order chi connectivity index (χ0) is 16.2. The summed E-state index contributed by atoms with van der Waals surface area (Å²) in [4.78, 5) is 22.7. The molecule has 0 saturated heterocycles. The van der Waals surface area contributed by atoms with E-state index in [4.69, 9.17) is 5.73 Å². The molecule has 3 N–H and O–H groups in total. The number of Topliss-reactive ketones (excluding diaryl/α,β-unsaturated/α-hetero) is 1. The average Bonchev–Trinajstić information content (AvgIpc) is 2.43. The predicted octanol–water partition coefficient (Wildman–Crippen LogP) is 3.31. The second-order valence-electron chi connectivity index (χ2n) is 4.28. The molecule has 0 atom stereocenters. The van der Waals surface area contributed by atoms with Crippen molar-refractivity contribution >= 4 is 23.1 Å². The normalized spacial score (nSPS) is 13.9. The number of hydrogen-bond donors (Lipinski definition) is 2. The van der Waals surface area contributed by atoms with E-state index >= 15 is 0 Å². The first-order chi connectivity index (χ1) is 9.80. The van der Waals surface area contributed by atoms with Gasteiger partial charge in [-0.3, -0.25) is 9.59 Å². The van der Waals surface area contributed by atoms with Crippen LogP contribution in [0.2, 0.25) is 0 Å². The van der Waals surface area contributed by atoms with Crippen molar-refractivity contribution in [3.63, 3.8) is 0 Å². The molecule has 7 heteroatoms. The number of hydrogen-bond acceptors (Lipinski definition) is 3. The van der Waals surface area contributed by atoms with Crippen LogP contribution in [0, 0.1) is 0 Å².